The highest BCUT2D eigenvalue weighted by Gasteiger charge is 2.22. The Morgan fingerprint density at radius 1 is 1.28 bits per heavy atom. The number of benzene rings is 1. The summed E-state index contributed by atoms with van der Waals surface area (Å²) in [7, 11) is 2.22. The molecule has 0 radical (unpaired) electrons. The molecule has 1 N–H and O–H groups in total. The second-order valence-corrected chi connectivity index (χ2v) is 5.68. The SMILES string of the molecule is CC1CN(C)CCC1NCCCc1ccccc1. The van der Waals surface area contributed by atoms with Crippen molar-refractivity contribution in [3.63, 3.8) is 0 Å². The summed E-state index contributed by atoms with van der Waals surface area (Å²) in [4.78, 5) is 2.44. The third-order valence-electron chi connectivity index (χ3n) is 4.00. The van der Waals surface area contributed by atoms with Gasteiger partial charge in [0.2, 0.25) is 0 Å². The third-order valence-corrected chi connectivity index (χ3v) is 4.00. The van der Waals surface area contributed by atoms with Gasteiger partial charge in [0.05, 0.1) is 0 Å². The molecular formula is C16H26N2. The van der Waals surface area contributed by atoms with Crippen LogP contribution in [0.1, 0.15) is 25.3 Å². The van der Waals surface area contributed by atoms with Crippen molar-refractivity contribution >= 4 is 0 Å². The van der Waals surface area contributed by atoms with Crippen molar-refractivity contribution in [2.75, 3.05) is 26.7 Å². The maximum Gasteiger partial charge on any atom is 0.0117 e. The molecule has 0 aliphatic carbocycles. The lowest BCUT2D eigenvalue weighted by molar-refractivity contribution is 0.175. The maximum atomic E-state index is 3.74. The van der Waals surface area contributed by atoms with Gasteiger partial charge < -0.3 is 10.2 Å². The first-order valence-corrected chi connectivity index (χ1v) is 7.21. The Hall–Kier alpha value is -0.860. The number of nitrogens with zero attached hydrogens (tertiary/aromatic N) is 1. The van der Waals surface area contributed by atoms with E-state index in [1.807, 2.05) is 0 Å². The predicted molar refractivity (Wildman–Crippen MR) is 77.8 cm³/mol. The maximum absolute atomic E-state index is 3.74. The molecule has 100 valence electrons. The minimum absolute atomic E-state index is 0.719. The fraction of sp³-hybridized carbons (Fsp3) is 0.625. The number of aryl methyl sites for hydroxylation is 1. The van der Waals surface area contributed by atoms with Gasteiger partial charge in [-0.1, -0.05) is 37.3 Å². The quantitative estimate of drug-likeness (QED) is 0.803. The van der Waals surface area contributed by atoms with Crippen LogP contribution >= 0.6 is 0 Å². The molecule has 0 bridgehead atoms. The molecule has 1 aromatic rings. The zero-order chi connectivity index (χ0) is 12.8. The van der Waals surface area contributed by atoms with Crippen LogP contribution in [-0.2, 0) is 6.42 Å². The molecule has 2 heteroatoms. The minimum Gasteiger partial charge on any atom is -0.314 e. The number of rotatable bonds is 5. The number of nitrogens with one attached hydrogen (secondary N) is 1. The van der Waals surface area contributed by atoms with E-state index in [9.17, 15) is 0 Å². The van der Waals surface area contributed by atoms with E-state index in [1.165, 1.54) is 37.9 Å². The van der Waals surface area contributed by atoms with E-state index < -0.39 is 0 Å². The molecule has 0 amide bonds. The fourth-order valence-electron chi connectivity index (χ4n) is 2.88. The molecule has 2 unspecified atom stereocenters. The highest BCUT2D eigenvalue weighted by molar-refractivity contribution is 5.14. The summed E-state index contributed by atoms with van der Waals surface area (Å²) >= 11 is 0. The first kappa shape index (κ1) is 13.6. The molecule has 2 nitrogen and oxygen atoms in total. The van der Waals surface area contributed by atoms with Crippen LogP contribution in [0.15, 0.2) is 30.3 Å². The van der Waals surface area contributed by atoms with Crippen LogP contribution in [0.5, 0.6) is 0 Å². The van der Waals surface area contributed by atoms with Crippen LogP contribution in [0.25, 0.3) is 0 Å². The van der Waals surface area contributed by atoms with Gasteiger partial charge in [-0.2, -0.15) is 0 Å². The second-order valence-electron chi connectivity index (χ2n) is 5.68. The van der Waals surface area contributed by atoms with E-state index in [0.717, 1.165) is 18.5 Å². The van der Waals surface area contributed by atoms with Crippen LogP contribution < -0.4 is 5.32 Å². The van der Waals surface area contributed by atoms with Crippen LogP contribution in [0.3, 0.4) is 0 Å². The van der Waals surface area contributed by atoms with Crippen molar-refractivity contribution in [1.29, 1.82) is 0 Å². The molecular weight excluding hydrogens is 220 g/mol. The summed E-state index contributed by atoms with van der Waals surface area (Å²) in [5.41, 5.74) is 1.45. The predicted octanol–water partition coefficient (Wildman–Crippen LogP) is 2.55. The van der Waals surface area contributed by atoms with Crippen LogP contribution in [0.2, 0.25) is 0 Å². The van der Waals surface area contributed by atoms with Gasteiger partial charge in [-0.05, 0) is 50.9 Å². The molecule has 0 saturated carbocycles. The Balaban J connectivity index is 1.64. The molecule has 0 spiro atoms. The Kier molecular flexibility index (Phi) is 5.21. The topological polar surface area (TPSA) is 15.3 Å². The smallest absolute Gasteiger partial charge is 0.0117 e. The molecule has 1 aliphatic heterocycles. The Morgan fingerprint density at radius 2 is 2.06 bits per heavy atom. The van der Waals surface area contributed by atoms with Gasteiger partial charge in [-0.15, -0.1) is 0 Å². The first-order chi connectivity index (χ1) is 8.75. The summed E-state index contributed by atoms with van der Waals surface area (Å²) in [5.74, 6) is 0.778. The second kappa shape index (κ2) is 6.91. The van der Waals surface area contributed by atoms with Crippen molar-refractivity contribution in [3.8, 4) is 0 Å². The Morgan fingerprint density at radius 3 is 2.78 bits per heavy atom. The third kappa shape index (κ3) is 4.11. The molecule has 18 heavy (non-hydrogen) atoms. The molecule has 2 atom stereocenters. The molecule has 1 aromatic carbocycles. The molecule has 1 aliphatic rings. The summed E-state index contributed by atoms with van der Waals surface area (Å²) < 4.78 is 0. The van der Waals surface area contributed by atoms with Gasteiger partial charge in [0.25, 0.3) is 0 Å². The molecule has 1 heterocycles. The van der Waals surface area contributed by atoms with Crippen molar-refractivity contribution in [1.82, 2.24) is 10.2 Å². The standard InChI is InChI=1S/C16H26N2/c1-14-13-18(2)12-10-16(14)17-11-6-9-15-7-4-3-5-8-15/h3-5,7-8,14,16-17H,6,9-13H2,1-2H3. The number of hydrogen-bond donors (Lipinski definition) is 1. The zero-order valence-corrected chi connectivity index (χ0v) is 11.7. The van der Waals surface area contributed by atoms with Crippen molar-refractivity contribution in [3.05, 3.63) is 35.9 Å². The highest BCUT2D eigenvalue weighted by atomic mass is 15.1. The fourth-order valence-corrected chi connectivity index (χ4v) is 2.88. The van der Waals surface area contributed by atoms with E-state index in [1.54, 1.807) is 0 Å². The monoisotopic (exact) mass is 246 g/mol. The molecule has 1 fully saturated rings. The zero-order valence-electron chi connectivity index (χ0n) is 11.7. The molecule has 2 rings (SSSR count). The average molecular weight is 246 g/mol. The average Bonchev–Trinajstić information content (AvgIpc) is 2.38. The van der Waals surface area contributed by atoms with Gasteiger partial charge in [0.1, 0.15) is 0 Å². The molecule has 1 saturated heterocycles. The lowest BCUT2D eigenvalue weighted by Gasteiger charge is -2.35. The largest absolute Gasteiger partial charge is 0.314 e. The van der Waals surface area contributed by atoms with Crippen LogP contribution in [0, 0.1) is 5.92 Å². The van der Waals surface area contributed by atoms with E-state index in [4.69, 9.17) is 0 Å². The number of piperidine rings is 1. The van der Waals surface area contributed by atoms with Gasteiger partial charge in [-0.25, -0.2) is 0 Å². The van der Waals surface area contributed by atoms with Crippen molar-refractivity contribution < 1.29 is 0 Å². The first-order valence-electron chi connectivity index (χ1n) is 7.21. The van der Waals surface area contributed by atoms with Crippen molar-refractivity contribution in [2.45, 2.75) is 32.2 Å². The van der Waals surface area contributed by atoms with E-state index in [2.05, 4.69) is 54.5 Å². The summed E-state index contributed by atoms with van der Waals surface area (Å²) in [6, 6.07) is 11.5. The van der Waals surface area contributed by atoms with Gasteiger partial charge in [-0.3, -0.25) is 0 Å². The van der Waals surface area contributed by atoms with Gasteiger partial charge >= 0.3 is 0 Å². The number of hydrogen-bond acceptors (Lipinski definition) is 2. The lowest BCUT2D eigenvalue weighted by Crippen LogP contribution is -2.47. The summed E-state index contributed by atoms with van der Waals surface area (Å²) in [6.07, 6.45) is 3.72. The molecule has 0 aromatic heterocycles. The normalized spacial score (nSPS) is 25.2. The van der Waals surface area contributed by atoms with Crippen molar-refractivity contribution in [2.24, 2.45) is 5.92 Å². The minimum atomic E-state index is 0.719. The Bertz CT molecular complexity index is 336. The summed E-state index contributed by atoms with van der Waals surface area (Å²) in [5, 5.41) is 3.74. The van der Waals surface area contributed by atoms with Crippen LogP contribution in [-0.4, -0.2) is 37.6 Å². The Labute approximate surface area is 111 Å². The van der Waals surface area contributed by atoms with Crippen LogP contribution in [0.4, 0.5) is 0 Å². The van der Waals surface area contributed by atoms with Gasteiger partial charge in [0, 0.05) is 12.6 Å². The van der Waals surface area contributed by atoms with Gasteiger partial charge in [0.15, 0.2) is 0 Å². The highest BCUT2D eigenvalue weighted by Crippen LogP contribution is 2.15. The number of likely N-dealkylation sites (tertiary alicyclic amines) is 1. The summed E-state index contributed by atoms with van der Waals surface area (Å²) in [6.45, 7) is 5.98. The van der Waals surface area contributed by atoms with E-state index in [0.29, 0.717) is 0 Å². The lowest BCUT2D eigenvalue weighted by atomic mass is 9.94. The van der Waals surface area contributed by atoms with E-state index >= 15 is 0 Å². The van der Waals surface area contributed by atoms with E-state index in [-0.39, 0.29) is 0 Å².